The van der Waals surface area contributed by atoms with Crippen LogP contribution in [0.3, 0.4) is 0 Å². The molecule has 5 nitrogen and oxygen atoms in total. The van der Waals surface area contributed by atoms with Crippen molar-refractivity contribution in [2.45, 2.75) is 12.3 Å². The maximum atomic E-state index is 13.2. The topological polar surface area (TPSA) is 69.2 Å². The van der Waals surface area contributed by atoms with E-state index in [1.54, 1.807) is 12.3 Å². The molecule has 1 aliphatic heterocycles. The fraction of sp³-hybridized carbons (Fsp3) is 0.375. The number of nitrogens with one attached hydrogen (secondary N) is 1. The van der Waals surface area contributed by atoms with Crippen LogP contribution in [-0.2, 0) is 6.42 Å². The summed E-state index contributed by atoms with van der Waals surface area (Å²) in [6, 6.07) is 5.32. The Balaban J connectivity index is 1.41. The van der Waals surface area contributed by atoms with Crippen molar-refractivity contribution >= 4 is 11.8 Å². The van der Waals surface area contributed by atoms with Crippen LogP contribution in [0.5, 0.6) is 0 Å². The van der Waals surface area contributed by atoms with Crippen LogP contribution < -0.4 is 4.90 Å². The summed E-state index contributed by atoms with van der Waals surface area (Å²) >= 11 is 0. The Morgan fingerprint density at radius 3 is 2.70 bits per heavy atom. The Kier molecular flexibility index (Phi) is 2.94. The Hall–Kier alpha value is -2.44. The Morgan fingerprint density at radius 1 is 1.39 bits per heavy atom. The molecular formula is C16H15F2N3O2. The monoisotopic (exact) mass is 319 g/mol. The van der Waals surface area contributed by atoms with Gasteiger partial charge in [-0.15, -0.1) is 0 Å². The highest BCUT2D eigenvalue weighted by Crippen LogP contribution is 2.59. The molecule has 2 aliphatic rings. The summed E-state index contributed by atoms with van der Waals surface area (Å²) in [5, 5.41) is 8.89. The summed E-state index contributed by atoms with van der Waals surface area (Å²) in [6.45, 7) is 0.727. The molecule has 0 spiro atoms. The van der Waals surface area contributed by atoms with Crippen molar-refractivity contribution in [3.63, 3.8) is 0 Å². The van der Waals surface area contributed by atoms with E-state index in [0.29, 0.717) is 19.5 Å². The minimum atomic E-state index is -2.48. The van der Waals surface area contributed by atoms with Gasteiger partial charge in [-0.2, -0.15) is 0 Å². The predicted octanol–water partition coefficient (Wildman–Crippen LogP) is 2.40. The molecule has 1 aliphatic carbocycles. The first kappa shape index (κ1) is 14.2. The van der Waals surface area contributed by atoms with Crippen LogP contribution in [0, 0.1) is 11.8 Å². The van der Waals surface area contributed by atoms with Crippen molar-refractivity contribution in [2.24, 2.45) is 11.8 Å². The van der Waals surface area contributed by atoms with Crippen LogP contribution in [0.4, 0.5) is 14.6 Å². The number of aromatic carboxylic acids is 1. The van der Waals surface area contributed by atoms with E-state index in [1.165, 1.54) is 6.20 Å². The van der Waals surface area contributed by atoms with Crippen LogP contribution >= 0.6 is 0 Å². The van der Waals surface area contributed by atoms with Crippen LogP contribution in [0.25, 0.3) is 0 Å². The van der Waals surface area contributed by atoms with Crippen molar-refractivity contribution in [3.8, 4) is 0 Å². The lowest BCUT2D eigenvalue weighted by molar-refractivity contribution is 0.0696. The summed E-state index contributed by atoms with van der Waals surface area (Å²) in [7, 11) is 0. The van der Waals surface area contributed by atoms with Gasteiger partial charge < -0.3 is 15.0 Å². The minimum Gasteiger partial charge on any atom is -0.478 e. The molecule has 23 heavy (non-hydrogen) atoms. The third-order valence-electron chi connectivity index (χ3n) is 4.72. The summed E-state index contributed by atoms with van der Waals surface area (Å²) in [5.41, 5.74) is 1.95. The highest BCUT2D eigenvalue weighted by Gasteiger charge is 2.71. The lowest BCUT2D eigenvalue weighted by atomic mass is 10.1. The summed E-state index contributed by atoms with van der Waals surface area (Å²) < 4.78 is 26.4. The molecule has 0 bridgehead atoms. The highest BCUT2D eigenvalue weighted by molar-refractivity contribution is 5.87. The van der Waals surface area contributed by atoms with Gasteiger partial charge in [0.2, 0.25) is 0 Å². The maximum absolute atomic E-state index is 13.2. The van der Waals surface area contributed by atoms with E-state index in [9.17, 15) is 13.6 Å². The normalized spacial score (nSPS) is 24.5. The SMILES string of the molecule is O=C(O)c1c[nH]c(Cc2ccc(N3CC4C(C3)C4(F)F)nc2)c1. The third kappa shape index (κ3) is 2.36. The molecule has 2 N–H and O–H groups in total. The fourth-order valence-electron chi connectivity index (χ4n) is 3.29. The van der Waals surface area contributed by atoms with Gasteiger partial charge in [-0.05, 0) is 17.7 Å². The second-order valence-corrected chi connectivity index (χ2v) is 6.21. The number of carbonyl (C=O) groups is 1. The van der Waals surface area contributed by atoms with Crippen molar-refractivity contribution < 1.29 is 18.7 Å². The second-order valence-electron chi connectivity index (χ2n) is 6.21. The number of hydrogen-bond donors (Lipinski definition) is 2. The van der Waals surface area contributed by atoms with Gasteiger partial charge in [0, 0.05) is 37.6 Å². The number of fused-ring (bicyclic) bond motifs is 1. The average molecular weight is 319 g/mol. The molecule has 1 saturated heterocycles. The lowest BCUT2D eigenvalue weighted by Gasteiger charge is -2.20. The van der Waals surface area contributed by atoms with Crippen molar-refractivity contribution in [1.82, 2.24) is 9.97 Å². The molecular weight excluding hydrogens is 304 g/mol. The average Bonchev–Trinajstić information content (AvgIpc) is 2.99. The Morgan fingerprint density at radius 2 is 2.13 bits per heavy atom. The number of hydrogen-bond acceptors (Lipinski definition) is 3. The number of halogens is 2. The lowest BCUT2D eigenvalue weighted by Crippen LogP contribution is -2.27. The van der Waals surface area contributed by atoms with Gasteiger partial charge in [0.25, 0.3) is 5.92 Å². The summed E-state index contributed by atoms with van der Waals surface area (Å²) in [4.78, 5) is 20.0. The van der Waals surface area contributed by atoms with Crippen LogP contribution in [0.2, 0.25) is 0 Å². The van der Waals surface area contributed by atoms with Gasteiger partial charge in [-0.1, -0.05) is 6.07 Å². The van der Waals surface area contributed by atoms with E-state index < -0.39 is 23.7 Å². The first-order valence-corrected chi connectivity index (χ1v) is 7.43. The van der Waals surface area contributed by atoms with Crippen LogP contribution in [0.1, 0.15) is 21.6 Å². The van der Waals surface area contributed by atoms with Crippen molar-refractivity contribution in [2.75, 3.05) is 18.0 Å². The predicted molar refractivity (Wildman–Crippen MR) is 78.9 cm³/mol. The van der Waals surface area contributed by atoms with E-state index in [2.05, 4.69) is 9.97 Å². The molecule has 2 unspecified atom stereocenters. The molecule has 2 atom stereocenters. The van der Waals surface area contributed by atoms with E-state index >= 15 is 0 Å². The molecule has 0 amide bonds. The number of carboxylic acid groups (broad SMARTS) is 1. The summed E-state index contributed by atoms with van der Waals surface area (Å²) in [5.74, 6) is -3.76. The minimum absolute atomic E-state index is 0.224. The van der Waals surface area contributed by atoms with E-state index in [0.717, 1.165) is 17.1 Å². The number of aromatic nitrogens is 2. The number of nitrogens with zero attached hydrogens (tertiary/aromatic N) is 2. The number of anilines is 1. The molecule has 0 aromatic carbocycles. The van der Waals surface area contributed by atoms with Gasteiger partial charge in [0.05, 0.1) is 17.4 Å². The Labute approximate surface area is 131 Å². The number of pyridine rings is 1. The van der Waals surface area contributed by atoms with Crippen LogP contribution in [0.15, 0.2) is 30.6 Å². The van der Waals surface area contributed by atoms with Crippen molar-refractivity contribution in [3.05, 3.63) is 47.4 Å². The van der Waals surface area contributed by atoms with Gasteiger partial charge in [0.15, 0.2) is 0 Å². The number of piperidine rings is 1. The maximum Gasteiger partial charge on any atom is 0.337 e. The zero-order valence-corrected chi connectivity index (χ0v) is 12.2. The number of rotatable bonds is 4. The van der Waals surface area contributed by atoms with Crippen molar-refractivity contribution in [1.29, 1.82) is 0 Å². The number of aromatic amines is 1. The first-order chi connectivity index (χ1) is 10.9. The smallest absolute Gasteiger partial charge is 0.337 e. The molecule has 2 aromatic rings. The van der Waals surface area contributed by atoms with E-state index in [4.69, 9.17) is 5.11 Å². The Bertz CT molecular complexity index is 743. The van der Waals surface area contributed by atoms with Gasteiger partial charge in [-0.25, -0.2) is 18.6 Å². The number of carboxylic acids is 1. The number of alkyl halides is 2. The van der Waals surface area contributed by atoms with E-state index in [1.807, 2.05) is 17.0 Å². The van der Waals surface area contributed by atoms with Gasteiger partial charge in [0.1, 0.15) is 5.82 Å². The molecule has 2 aromatic heterocycles. The molecule has 3 heterocycles. The molecule has 4 rings (SSSR count). The zero-order valence-electron chi connectivity index (χ0n) is 12.2. The van der Waals surface area contributed by atoms with Crippen LogP contribution in [-0.4, -0.2) is 40.1 Å². The molecule has 0 radical (unpaired) electrons. The standard InChI is InChI=1S/C16H15F2N3O2/c17-16(18)12-7-21(8-13(12)16)14-2-1-9(5-20-14)3-11-4-10(6-19-11)15(22)23/h1-2,4-6,12-13,19H,3,7-8H2,(H,22,23). The van der Waals surface area contributed by atoms with E-state index in [-0.39, 0.29) is 5.56 Å². The van der Waals surface area contributed by atoms with Gasteiger partial charge >= 0.3 is 5.97 Å². The highest BCUT2D eigenvalue weighted by atomic mass is 19.3. The second kappa shape index (κ2) is 4.78. The summed E-state index contributed by atoms with van der Waals surface area (Å²) in [6.07, 6.45) is 3.71. The van der Waals surface area contributed by atoms with Gasteiger partial charge in [-0.3, -0.25) is 0 Å². The number of H-pyrrole nitrogens is 1. The third-order valence-corrected chi connectivity index (χ3v) is 4.72. The molecule has 120 valence electrons. The molecule has 1 saturated carbocycles. The quantitative estimate of drug-likeness (QED) is 0.908. The largest absolute Gasteiger partial charge is 0.478 e. The zero-order chi connectivity index (χ0) is 16.2. The molecule has 7 heteroatoms. The first-order valence-electron chi connectivity index (χ1n) is 7.43. The molecule has 2 fully saturated rings. The fourth-order valence-corrected chi connectivity index (χ4v) is 3.29.